The monoisotopic (exact) mass is 460 g/mol. The Kier molecular flexibility index (Phi) is 6.32. The van der Waals surface area contributed by atoms with Crippen molar-refractivity contribution in [2.45, 2.75) is 85.7 Å². The lowest BCUT2D eigenvalue weighted by molar-refractivity contribution is -0.302. The van der Waals surface area contributed by atoms with E-state index in [4.69, 9.17) is 14.2 Å². The molecule has 2 saturated carbocycles. The summed E-state index contributed by atoms with van der Waals surface area (Å²) in [6.45, 7) is 17.6. The first-order valence-corrected chi connectivity index (χ1v) is 15.5. The Balaban J connectivity index is 2.32. The van der Waals surface area contributed by atoms with Gasteiger partial charge in [-0.05, 0) is 64.7 Å². The summed E-state index contributed by atoms with van der Waals surface area (Å²) in [7, 11) is 3.16. The van der Waals surface area contributed by atoms with Gasteiger partial charge in [0.1, 0.15) is 5.76 Å². The number of allylic oxidation sites excluding steroid dienone is 5. The van der Waals surface area contributed by atoms with Gasteiger partial charge in [0.25, 0.3) is 0 Å². The summed E-state index contributed by atoms with van der Waals surface area (Å²) < 4.78 is 19.0. The van der Waals surface area contributed by atoms with Crippen LogP contribution in [0.2, 0.25) is 19.6 Å². The molecule has 0 saturated heterocycles. The van der Waals surface area contributed by atoms with E-state index in [-0.39, 0.29) is 17.1 Å². The molecule has 180 valence electrons. The van der Waals surface area contributed by atoms with Crippen LogP contribution < -0.4 is 0 Å². The molecule has 0 radical (unpaired) electrons. The zero-order chi connectivity index (χ0) is 24.3. The highest BCUT2D eigenvalue weighted by Crippen LogP contribution is 2.90. The van der Waals surface area contributed by atoms with Crippen LogP contribution in [0.4, 0.5) is 0 Å². The smallest absolute Gasteiger partial charge is 0.194 e. The molecule has 0 amide bonds. The molecule has 3 aliphatic carbocycles. The van der Waals surface area contributed by atoms with Crippen molar-refractivity contribution in [3.8, 4) is 0 Å². The van der Waals surface area contributed by atoms with Gasteiger partial charge in [0.05, 0.1) is 26.0 Å². The van der Waals surface area contributed by atoms with Crippen molar-refractivity contribution >= 4 is 13.9 Å². The second-order valence-electron chi connectivity index (χ2n) is 11.9. The first-order chi connectivity index (χ1) is 14.8. The van der Waals surface area contributed by atoms with Crippen molar-refractivity contribution in [2.24, 2.45) is 22.2 Å². The molecule has 0 aromatic rings. The minimum absolute atomic E-state index is 0.152. The fraction of sp³-hybridized carbons (Fsp3) is 0.741. The Morgan fingerprint density at radius 2 is 1.59 bits per heavy atom. The first kappa shape index (κ1) is 25.4. The topological polar surface area (TPSA) is 44.8 Å². The van der Waals surface area contributed by atoms with Crippen molar-refractivity contribution in [3.63, 3.8) is 0 Å². The molecule has 5 heteroatoms. The molecule has 0 N–H and O–H groups in total. The largest absolute Gasteiger partial charge is 0.500 e. The predicted molar refractivity (Wildman–Crippen MR) is 133 cm³/mol. The summed E-state index contributed by atoms with van der Waals surface area (Å²) in [5.74, 6) is 0.249. The van der Waals surface area contributed by atoms with Crippen LogP contribution in [0, 0.1) is 22.2 Å². The lowest BCUT2D eigenvalue weighted by Crippen LogP contribution is -2.64. The molecular formula is C27H44O4Si. The highest BCUT2D eigenvalue weighted by molar-refractivity contribution is 6.87. The van der Waals surface area contributed by atoms with Crippen LogP contribution in [-0.4, -0.2) is 41.0 Å². The number of methoxy groups -OCH3 is 3. The number of carbonyl (C=O) groups is 1. The van der Waals surface area contributed by atoms with E-state index in [9.17, 15) is 4.79 Å². The van der Waals surface area contributed by atoms with Gasteiger partial charge in [-0.15, -0.1) is 0 Å². The Bertz CT molecular complexity index is 880. The van der Waals surface area contributed by atoms with Gasteiger partial charge in [0.15, 0.2) is 11.6 Å². The van der Waals surface area contributed by atoms with Gasteiger partial charge in [0, 0.05) is 19.4 Å². The first-order valence-electron chi connectivity index (χ1n) is 12.0. The number of ether oxygens (including phenoxy) is 3. The van der Waals surface area contributed by atoms with Crippen LogP contribution in [-0.2, 0) is 19.0 Å². The standard InChI is InChI=1S/C27H44O4Si/c1-18(2)13-12-15-24(5)20-17-25(16-14-19(3)4)23(29-6)21(32(9,10)11)22(28)26(20,24)27(25,30-7)31-8/h13-14,20H,12,15-17H2,1-11H3. The fourth-order valence-corrected chi connectivity index (χ4v) is 9.37. The zero-order valence-corrected chi connectivity index (χ0v) is 23.2. The number of carbonyl (C=O) groups excluding carboxylic acids is 1. The van der Waals surface area contributed by atoms with E-state index in [2.05, 4.69) is 66.4 Å². The number of ketones is 1. The van der Waals surface area contributed by atoms with E-state index in [0.717, 1.165) is 36.6 Å². The third-order valence-electron chi connectivity index (χ3n) is 8.66. The highest BCUT2D eigenvalue weighted by Gasteiger charge is 2.96. The Morgan fingerprint density at radius 3 is 2.03 bits per heavy atom. The van der Waals surface area contributed by atoms with E-state index < -0.39 is 24.7 Å². The molecule has 3 aliphatic rings. The van der Waals surface area contributed by atoms with Gasteiger partial charge >= 0.3 is 0 Å². The molecule has 3 rings (SSSR count). The molecule has 0 aromatic carbocycles. The second kappa shape index (κ2) is 7.95. The number of fused-ring (bicyclic) bond motifs is 1. The SMILES string of the molecule is COC1=C([Si](C)(C)C)C(=O)C23C(CC1(CC=C(C)C)C2(OC)OC)C3(C)CCC=C(C)C. The normalized spacial score (nSPS) is 34.8. The maximum Gasteiger partial charge on any atom is 0.194 e. The number of hydrogen-bond acceptors (Lipinski definition) is 4. The third kappa shape index (κ3) is 2.89. The Morgan fingerprint density at radius 1 is 1.03 bits per heavy atom. The third-order valence-corrected chi connectivity index (χ3v) is 10.6. The average Bonchev–Trinajstić information content (AvgIpc) is 3.10. The van der Waals surface area contributed by atoms with Crippen molar-refractivity contribution in [1.29, 1.82) is 0 Å². The Hall–Kier alpha value is -1.17. The van der Waals surface area contributed by atoms with Crippen LogP contribution in [0.1, 0.15) is 60.3 Å². The van der Waals surface area contributed by atoms with Gasteiger partial charge in [-0.25, -0.2) is 0 Å². The molecule has 1 spiro atoms. The lowest BCUT2D eigenvalue weighted by atomic mass is 9.61. The maximum absolute atomic E-state index is 14.6. The molecule has 4 unspecified atom stereocenters. The van der Waals surface area contributed by atoms with Crippen LogP contribution in [0.5, 0.6) is 0 Å². The molecule has 2 fully saturated rings. The molecular weight excluding hydrogens is 416 g/mol. The fourth-order valence-electron chi connectivity index (χ4n) is 7.47. The van der Waals surface area contributed by atoms with E-state index in [1.807, 2.05) is 0 Å². The van der Waals surface area contributed by atoms with E-state index in [0.29, 0.717) is 0 Å². The van der Waals surface area contributed by atoms with Crippen LogP contribution >= 0.6 is 0 Å². The molecule has 4 atom stereocenters. The highest BCUT2D eigenvalue weighted by atomic mass is 28.3. The molecule has 0 heterocycles. The molecule has 2 bridgehead atoms. The van der Waals surface area contributed by atoms with Crippen molar-refractivity contribution in [1.82, 2.24) is 0 Å². The summed E-state index contributed by atoms with van der Waals surface area (Å²) in [5.41, 5.74) is 1.27. The minimum atomic E-state index is -2.01. The van der Waals surface area contributed by atoms with E-state index in [1.165, 1.54) is 11.1 Å². The molecule has 0 aliphatic heterocycles. The van der Waals surface area contributed by atoms with Gasteiger partial charge < -0.3 is 14.2 Å². The summed E-state index contributed by atoms with van der Waals surface area (Å²) >= 11 is 0. The maximum atomic E-state index is 14.6. The quantitative estimate of drug-likeness (QED) is 0.225. The summed E-state index contributed by atoms with van der Waals surface area (Å²) in [4.78, 5) is 14.6. The summed E-state index contributed by atoms with van der Waals surface area (Å²) in [5, 5.41) is 0.959. The van der Waals surface area contributed by atoms with E-state index in [1.54, 1.807) is 21.3 Å². The summed E-state index contributed by atoms with van der Waals surface area (Å²) in [6.07, 6.45) is 8.09. The van der Waals surface area contributed by atoms with Crippen LogP contribution in [0.15, 0.2) is 34.3 Å². The number of hydrogen-bond donors (Lipinski definition) is 0. The van der Waals surface area contributed by atoms with E-state index >= 15 is 0 Å². The molecule has 4 nitrogen and oxygen atoms in total. The zero-order valence-electron chi connectivity index (χ0n) is 22.2. The number of rotatable bonds is 9. The van der Waals surface area contributed by atoms with Crippen LogP contribution in [0.3, 0.4) is 0 Å². The second-order valence-corrected chi connectivity index (χ2v) is 16.9. The number of Topliss-reactive ketones (excluding diaryl/α,β-unsaturated/α-hetero) is 1. The van der Waals surface area contributed by atoms with Crippen molar-refractivity contribution < 1.29 is 19.0 Å². The minimum Gasteiger partial charge on any atom is -0.500 e. The summed E-state index contributed by atoms with van der Waals surface area (Å²) in [6, 6.07) is 0. The lowest BCUT2D eigenvalue weighted by Gasteiger charge is -2.55. The van der Waals surface area contributed by atoms with Crippen LogP contribution in [0.25, 0.3) is 0 Å². The predicted octanol–water partition coefficient (Wildman–Crippen LogP) is 6.45. The molecule has 32 heavy (non-hydrogen) atoms. The van der Waals surface area contributed by atoms with Gasteiger partial charge in [-0.1, -0.05) is 49.9 Å². The van der Waals surface area contributed by atoms with Crippen molar-refractivity contribution in [2.75, 3.05) is 21.3 Å². The van der Waals surface area contributed by atoms with Gasteiger partial charge in [-0.3, -0.25) is 4.79 Å². The average molecular weight is 461 g/mol. The molecule has 0 aromatic heterocycles. The van der Waals surface area contributed by atoms with Crippen molar-refractivity contribution in [3.05, 3.63) is 34.3 Å². The Labute approximate surface area is 196 Å². The van der Waals surface area contributed by atoms with Gasteiger partial charge in [0.2, 0.25) is 0 Å². The van der Waals surface area contributed by atoms with Gasteiger partial charge in [-0.2, -0.15) is 0 Å².